The lowest BCUT2D eigenvalue weighted by atomic mass is 10.4. The summed E-state index contributed by atoms with van der Waals surface area (Å²) >= 11 is 5.54. The minimum atomic E-state index is -0.0864. The van der Waals surface area contributed by atoms with Gasteiger partial charge in [0.25, 0.3) is 0 Å². The maximum Gasteiger partial charge on any atom is 0.0884 e. The SMILES string of the molecule is OCC(CCl)n1cccn1. The van der Waals surface area contributed by atoms with Gasteiger partial charge in [0.2, 0.25) is 0 Å². The number of nitrogens with zero attached hydrogens (tertiary/aromatic N) is 2. The summed E-state index contributed by atoms with van der Waals surface area (Å²) < 4.78 is 1.65. The van der Waals surface area contributed by atoms with E-state index < -0.39 is 0 Å². The van der Waals surface area contributed by atoms with Crippen molar-refractivity contribution in [1.82, 2.24) is 9.78 Å². The van der Waals surface area contributed by atoms with Crippen molar-refractivity contribution in [3.63, 3.8) is 0 Å². The minimum absolute atomic E-state index is 0.0329. The van der Waals surface area contributed by atoms with Gasteiger partial charge in [-0.2, -0.15) is 5.10 Å². The summed E-state index contributed by atoms with van der Waals surface area (Å²) in [6.45, 7) is 0.0329. The van der Waals surface area contributed by atoms with Crippen LogP contribution in [-0.2, 0) is 0 Å². The smallest absolute Gasteiger partial charge is 0.0884 e. The number of aromatic nitrogens is 2. The second-order valence-electron chi connectivity index (χ2n) is 1.98. The highest BCUT2D eigenvalue weighted by Crippen LogP contribution is 2.04. The molecule has 10 heavy (non-hydrogen) atoms. The first kappa shape index (κ1) is 7.57. The van der Waals surface area contributed by atoms with Crippen molar-refractivity contribution in [1.29, 1.82) is 0 Å². The molecule has 0 aromatic carbocycles. The summed E-state index contributed by atoms with van der Waals surface area (Å²) in [7, 11) is 0. The standard InChI is InChI=1S/C6H9ClN2O/c7-4-6(5-10)9-3-1-2-8-9/h1-3,6,10H,4-5H2. The molecule has 3 nitrogen and oxygen atoms in total. The Hall–Kier alpha value is -0.540. The number of hydrogen-bond donors (Lipinski definition) is 1. The fourth-order valence-electron chi connectivity index (χ4n) is 0.700. The Labute approximate surface area is 64.2 Å². The molecule has 0 spiro atoms. The van der Waals surface area contributed by atoms with Gasteiger partial charge in [-0.15, -0.1) is 11.6 Å². The molecule has 0 bridgehead atoms. The molecular weight excluding hydrogens is 152 g/mol. The van der Waals surface area contributed by atoms with Gasteiger partial charge in [-0.3, -0.25) is 4.68 Å². The number of aliphatic hydroxyl groups is 1. The molecule has 0 aliphatic carbocycles. The zero-order valence-corrected chi connectivity index (χ0v) is 6.20. The lowest BCUT2D eigenvalue weighted by molar-refractivity contribution is 0.231. The van der Waals surface area contributed by atoms with Gasteiger partial charge >= 0.3 is 0 Å². The number of rotatable bonds is 3. The van der Waals surface area contributed by atoms with Crippen LogP contribution in [-0.4, -0.2) is 27.4 Å². The molecule has 56 valence electrons. The van der Waals surface area contributed by atoms with Crippen LogP contribution in [0.2, 0.25) is 0 Å². The molecule has 0 amide bonds. The van der Waals surface area contributed by atoms with Crippen molar-refractivity contribution >= 4 is 11.6 Å². The van der Waals surface area contributed by atoms with Crippen molar-refractivity contribution in [2.75, 3.05) is 12.5 Å². The Balaban J connectivity index is 2.64. The van der Waals surface area contributed by atoms with Crippen LogP contribution < -0.4 is 0 Å². The number of alkyl halides is 1. The molecule has 0 radical (unpaired) electrons. The number of halogens is 1. The van der Waals surface area contributed by atoms with Gasteiger partial charge in [-0.25, -0.2) is 0 Å². The van der Waals surface area contributed by atoms with E-state index in [-0.39, 0.29) is 12.6 Å². The van der Waals surface area contributed by atoms with E-state index in [2.05, 4.69) is 5.10 Å². The first-order valence-corrected chi connectivity index (χ1v) is 3.58. The summed E-state index contributed by atoms with van der Waals surface area (Å²) in [5.41, 5.74) is 0. The molecule has 0 fully saturated rings. The highest BCUT2D eigenvalue weighted by atomic mass is 35.5. The molecule has 1 unspecified atom stereocenters. The van der Waals surface area contributed by atoms with Gasteiger partial charge < -0.3 is 5.11 Å². The van der Waals surface area contributed by atoms with E-state index in [4.69, 9.17) is 16.7 Å². The predicted molar refractivity (Wildman–Crippen MR) is 39.1 cm³/mol. The van der Waals surface area contributed by atoms with E-state index in [0.29, 0.717) is 5.88 Å². The molecule has 1 N–H and O–H groups in total. The maximum absolute atomic E-state index is 8.75. The minimum Gasteiger partial charge on any atom is -0.394 e. The molecule has 1 atom stereocenters. The molecule has 0 saturated carbocycles. The second kappa shape index (κ2) is 3.58. The molecule has 1 aromatic heterocycles. The third-order valence-electron chi connectivity index (χ3n) is 1.29. The Morgan fingerprint density at radius 1 is 1.70 bits per heavy atom. The third-order valence-corrected chi connectivity index (χ3v) is 1.64. The Morgan fingerprint density at radius 3 is 2.90 bits per heavy atom. The summed E-state index contributed by atoms with van der Waals surface area (Å²) in [5, 5.41) is 12.7. The zero-order valence-electron chi connectivity index (χ0n) is 5.44. The van der Waals surface area contributed by atoms with Crippen LogP contribution in [0.1, 0.15) is 6.04 Å². The van der Waals surface area contributed by atoms with E-state index in [1.54, 1.807) is 23.1 Å². The van der Waals surface area contributed by atoms with Crippen molar-refractivity contribution in [3.8, 4) is 0 Å². The van der Waals surface area contributed by atoms with Crippen molar-refractivity contribution in [3.05, 3.63) is 18.5 Å². The van der Waals surface area contributed by atoms with Gasteiger partial charge in [0.15, 0.2) is 0 Å². The van der Waals surface area contributed by atoms with Gasteiger partial charge in [0.05, 0.1) is 12.6 Å². The topological polar surface area (TPSA) is 38.0 Å². The Morgan fingerprint density at radius 2 is 2.50 bits per heavy atom. The zero-order chi connectivity index (χ0) is 7.40. The molecule has 1 rings (SSSR count). The van der Waals surface area contributed by atoms with E-state index in [9.17, 15) is 0 Å². The summed E-state index contributed by atoms with van der Waals surface area (Å²) in [5.74, 6) is 0.387. The molecule has 1 heterocycles. The lowest BCUT2D eigenvalue weighted by Crippen LogP contribution is -2.14. The van der Waals surface area contributed by atoms with Crippen LogP contribution in [0.4, 0.5) is 0 Å². The molecule has 0 saturated heterocycles. The van der Waals surface area contributed by atoms with Gasteiger partial charge in [0, 0.05) is 18.3 Å². The van der Waals surface area contributed by atoms with Crippen LogP contribution in [0.15, 0.2) is 18.5 Å². The molecule has 4 heteroatoms. The Kier molecular flexibility index (Phi) is 2.71. The third kappa shape index (κ3) is 1.49. The molecular formula is C6H9ClN2O. The monoisotopic (exact) mass is 160 g/mol. The maximum atomic E-state index is 8.75. The fraction of sp³-hybridized carbons (Fsp3) is 0.500. The van der Waals surface area contributed by atoms with Gasteiger partial charge in [-0.1, -0.05) is 0 Å². The van der Waals surface area contributed by atoms with Crippen LogP contribution in [0, 0.1) is 0 Å². The molecule has 0 aliphatic rings. The van der Waals surface area contributed by atoms with Crippen LogP contribution in [0.3, 0.4) is 0 Å². The van der Waals surface area contributed by atoms with Gasteiger partial charge in [0.1, 0.15) is 0 Å². The lowest BCUT2D eigenvalue weighted by Gasteiger charge is -2.09. The summed E-state index contributed by atoms with van der Waals surface area (Å²) in [4.78, 5) is 0. The van der Waals surface area contributed by atoms with Crippen LogP contribution in [0.25, 0.3) is 0 Å². The number of aliphatic hydroxyl groups excluding tert-OH is 1. The Bertz CT molecular complexity index is 172. The van der Waals surface area contributed by atoms with Crippen molar-refractivity contribution in [2.24, 2.45) is 0 Å². The highest BCUT2D eigenvalue weighted by Gasteiger charge is 2.06. The van der Waals surface area contributed by atoms with Gasteiger partial charge in [-0.05, 0) is 6.07 Å². The highest BCUT2D eigenvalue weighted by molar-refractivity contribution is 6.18. The summed E-state index contributed by atoms with van der Waals surface area (Å²) in [6, 6.07) is 1.71. The quantitative estimate of drug-likeness (QED) is 0.660. The average Bonchev–Trinajstić information content (AvgIpc) is 2.43. The predicted octanol–water partition coefficient (Wildman–Crippen LogP) is 0.655. The average molecular weight is 161 g/mol. The first-order valence-electron chi connectivity index (χ1n) is 3.04. The van der Waals surface area contributed by atoms with E-state index in [1.165, 1.54) is 0 Å². The molecule has 0 aliphatic heterocycles. The second-order valence-corrected chi connectivity index (χ2v) is 2.29. The summed E-state index contributed by atoms with van der Waals surface area (Å²) in [6.07, 6.45) is 3.44. The number of hydrogen-bond acceptors (Lipinski definition) is 2. The first-order chi connectivity index (χ1) is 4.88. The normalized spacial score (nSPS) is 13.4. The molecule has 1 aromatic rings. The van der Waals surface area contributed by atoms with E-state index in [1.807, 2.05) is 0 Å². The van der Waals surface area contributed by atoms with Crippen molar-refractivity contribution < 1.29 is 5.11 Å². The van der Waals surface area contributed by atoms with Crippen LogP contribution in [0.5, 0.6) is 0 Å². The van der Waals surface area contributed by atoms with Crippen molar-refractivity contribution in [2.45, 2.75) is 6.04 Å². The largest absolute Gasteiger partial charge is 0.394 e. The van der Waals surface area contributed by atoms with Crippen LogP contribution >= 0.6 is 11.6 Å². The van der Waals surface area contributed by atoms with E-state index in [0.717, 1.165) is 0 Å². The fourth-order valence-corrected chi connectivity index (χ4v) is 0.939. The van der Waals surface area contributed by atoms with E-state index >= 15 is 0 Å².